The molecule has 2 fully saturated rings. The number of carboxylic acid groups (broad SMARTS) is 1. The Morgan fingerprint density at radius 3 is 3.00 bits per heavy atom. The van der Waals surface area contributed by atoms with Gasteiger partial charge in [0.05, 0.1) is 6.20 Å². The van der Waals surface area contributed by atoms with Crippen LogP contribution >= 0.6 is 0 Å². The molecule has 1 saturated carbocycles. The molecule has 5 nitrogen and oxygen atoms in total. The van der Waals surface area contributed by atoms with E-state index < -0.39 is 5.97 Å². The first-order valence-corrected chi connectivity index (χ1v) is 6.59. The molecule has 2 atom stereocenters. The Morgan fingerprint density at radius 1 is 1.33 bits per heavy atom. The molecule has 3 rings (SSSR count). The second-order valence-electron chi connectivity index (χ2n) is 5.17. The predicted octanol–water partition coefficient (Wildman–Crippen LogP) is 1.94. The van der Waals surface area contributed by atoms with Crippen LogP contribution in [0, 0.1) is 5.92 Å². The monoisotopic (exact) mass is 247 g/mol. The van der Waals surface area contributed by atoms with E-state index in [1.807, 2.05) is 0 Å². The van der Waals surface area contributed by atoms with Gasteiger partial charge in [-0.15, -0.1) is 5.10 Å². The molecular weight excluding hydrogens is 230 g/mol. The van der Waals surface area contributed by atoms with Gasteiger partial charge in [0.2, 0.25) is 0 Å². The van der Waals surface area contributed by atoms with Gasteiger partial charge in [-0.1, -0.05) is 12.8 Å². The minimum atomic E-state index is -0.917. The molecule has 0 amide bonds. The quantitative estimate of drug-likeness (QED) is 0.865. The molecular formula is C13H17N3O2. The van der Waals surface area contributed by atoms with E-state index in [0.717, 1.165) is 19.4 Å². The summed E-state index contributed by atoms with van der Waals surface area (Å²) in [6.45, 7) is 0.911. The third-order valence-electron chi connectivity index (χ3n) is 4.21. The highest BCUT2D eigenvalue weighted by Crippen LogP contribution is 2.38. The van der Waals surface area contributed by atoms with Crippen molar-refractivity contribution in [2.24, 2.45) is 5.92 Å². The fourth-order valence-corrected chi connectivity index (χ4v) is 3.37. The van der Waals surface area contributed by atoms with Crippen LogP contribution in [0.2, 0.25) is 0 Å². The number of anilines is 1. The van der Waals surface area contributed by atoms with Gasteiger partial charge in [-0.3, -0.25) is 0 Å². The van der Waals surface area contributed by atoms with Crippen LogP contribution in [0.15, 0.2) is 12.3 Å². The zero-order valence-corrected chi connectivity index (χ0v) is 10.2. The first-order valence-electron chi connectivity index (χ1n) is 6.59. The van der Waals surface area contributed by atoms with Crippen LogP contribution in [0.4, 0.5) is 5.82 Å². The molecule has 2 aliphatic rings. The summed E-state index contributed by atoms with van der Waals surface area (Å²) in [5.74, 6) is 0.348. The molecule has 1 aromatic heterocycles. The number of aromatic nitrogens is 2. The van der Waals surface area contributed by atoms with Crippen LogP contribution in [-0.2, 0) is 0 Å². The molecule has 18 heavy (non-hydrogen) atoms. The number of fused-ring (bicyclic) bond motifs is 1. The number of hydrogen-bond donors (Lipinski definition) is 1. The zero-order chi connectivity index (χ0) is 12.5. The van der Waals surface area contributed by atoms with E-state index in [-0.39, 0.29) is 5.56 Å². The number of rotatable bonds is 2. The Labute approximate surface area is 106 Å². The molecule has 5 heteroatoms. The van der Waals surface area contributed by atoms with E-state index in [1.54, 1.807) is 6.07 Å². The van der Waals surface area contributed by atoms with Gasteiger partial charge in [0, 0.05) is 12.6 Å². The fraction of sp³-hybridized carbons (Fsp3) is 0.615. The summed E-state index contributed by atoms with van der Waals surface area (Å²) >= 11 is 0. The van der Waals surface area contributed by atoms with Gasteiger partial charge in [-0.25, -0.2) is 4.79 Å². The summed E-state index contributed by atoms with van der Waals surface area (Å²) in [5.41, 5.74) is 0.274. The van der Waals surface area contributed by atoms with Crippen LogP contribution in [0.3, 0.4) is 0 Å². The number of hydrogen-bond acceptors (Lipinski definition) is 4. The number of carbonyl (C=O) groups is 1. The average Bonchev–Trinajstić information content (AvgIpc) is 2.82. The molecule has 2 heterocycles. The topological polar surface area (TPSA) is 66.3 Å². The first-order chi connectivity index (χ1) is 8.77. The molecule has 1 aliphatic carbocycles. The Balaban J connectivity index is 1.93. The van der Waals surface area contributed by atoms with E-state index in [1.165, 1.54) is 25.5 Å². The van der Waals surface area contributed by atoms with Crippen LogP contribution in [0.5, 0.6) is 0 Å². The molecule has 0 aromatic carbocycles. The molecule has 96 valence electrons. The standard InChI is InChI=1S/C13H17N3O2/c17-13(18)10-5-7-14-15-12(10)16-8-6-9-3-1-2-4-11(9)16/h5,7,9,11H,1-4,6,8H2,(H,17,18). The molecule has 0 radical (unpaired) electrons. The smallest absolute Gasteiger partial charge is 0.339 e. The highest BCUT2D eigenvalue weighted by Gasteiger charge is 2.37. The lowest BCUT2D eigenvalue weighted by molar-refractivity contribution is 0.0697. The Hall–Kier alpha value is -1.65. The maximum atomic E-state index is 11.2. The van der Waals surface area contributed by atoms with Crippen LogP contribution in [0.1, 0.15) is 42.5 Å². The number of nitrogens with zero attached hydrogens (tertiary/aromatic N) is 3. The molecule has 1 aliphatic heterocycles. The second kappa shape index (κ2) is 4.55. The van der Waals surface area contributed by atoms with Crippen molar-refractivity contribution in [3.63, 3.8) is 0 Å². The van der Waals surface area contributed by atoms with E-state index in [0.29, 0.717) is 17.8 Å². The van der Waals surface area contributed by atoms with E-state index in [4.69, 9.17) is 0 Å². The van der Waals surface area contributed by atoms with Crippen molar-refractivity contribution in [2.45, 2.75) is 38.1 Å². The van der Waals surface area contributed by atoms with Gasteiger partial charge in [0.1, 0.15) is 5.56 Å². The zero-order valence-electron chi connectivity index (χ0n) is 10.2. The van der Waals surface area contributed by atoms with Crippen LogP contribution in [0.25, 0.3) is 0 Å². The maximum absolute atomic E-state index is 11.2. The molecule has 1 aromatic rings. The van der Waals surface area contributed by atoms with Crippen molar-refractivity contribution in [3.05, 3.63) is 17.8 Å². The van der Waals surface area contributed by atoms with Crippen LogP contribution in [-0.4, -0.2) is 33.9 Å². The second-order valence-corrected chi connectivity index (χ2v) is 5.17. The Morgan fingerprint density at radius 2 is 2.17 bits per heavy atom. The summed E-state index contributed by atoms with van der Waals surface area (Å²) < 4.78 is 0. The first kappa shape index (κ1) is 11.4. The lowest BCUT2D eigenvalue weighted by atomic mass is 9.85. The number of aromatic carboxylic acids is 1. The summed E-state index contributed by atoms with van der Waals surface area (Å²) in [4.78, 5) is 13.4. The van der Waals surface area contributed by atoms with Crippen molar-refractivity contribution in [1.82, 2.24) is 10.2 Å². The number of carboxylic acids is 1. The summed E-state index contributed by atoms with van der Waals surface area (Å²) in [6.07, 6.45) is 7.56. The maximum Gasteiger partial charge on any atom is 0.339 e. The Kier molecular flexibility index (Phi) is 2.89. The molecule has 0 spiro atoms. The van der Waals surface area contributed by atoms with Crippen LogP contribution < -0.4 is 4.90 Å². The van der Waals surface area contributed by atoms with Crippen molar-refractivity contribution < 1.29 is 9.90 Å². The highest BCUT2D eigenvalue weighted by molar-refractivity contribution is 5.93. The highest BCUT2D eigenvalue weighted by atomic mass is 16.4. The fourth-order valence-electron chi connectivity index (χ4n) is 3.37. The van der Waals surface area contributed by atoms with Crippen molar-refractivity contribution in [2.75, 3.05) is 11.4 Å². The normalized spacial score (nSPS) is 27.0. The molecule has 2 unspecified atom stereocenters. The molecule has 0 bridgehead atoms. The van der Waals surface area contributed by atoms with Gasteiger partial charge < -0.3 is 10.0 Å². The van der Waals surface area contributed by atoms with E-state index in [9.17, 15) is 9.90 Å². The van der Waals surface area contributed by atoms with Gasteiger partial charge in [-0.05, 0) is 31.2 Å². The molecule has 1 N–H and O–H groups in total. The minimum absolute atomic E-state index is 0.274. The third kappa shape index (κ3) is 1.83. The van der Waals surface area contributed by atoms with Crippen molar-refractivity contribution in [3.8, 4) is 0 Å². The van der Waals surface area contributed by atoms with E-state index >= 15 is 0 Å². The van der Waals surface area contributed by atoms with Gasteiger partial charge in [0.25, 0.3) is 0 Å². The summed E-state index contributed by atoms with van der Waals surface area (Å²) in [5, 5.41) is 17.2. The lowest BCUT2D eigenvalue weighted by Crippen LogP contribution is -2.36. The van der Waals surface area contributed by atoms with Crippen molar-refractivity contribution in [1.29, 1.82) is 0 Å². The Bertz CT molecular complexity index is 463. The lowest BCUT2D eigenvalue weighted by Gasteiger charge is -2.32. The summed E-state index contributed by atoms with van der Waals surface area (Å²) in [7, 11) is 0. The van der Waals surface area contributed by atoms with Gasteiger partial charge in [-0.2, -0.15) is 5.10 Å². The predicted molar refractivity (Wildman–Crippen MR) is 66.7 cm³/mol. The van der Waals surface area contributed by atoms with Gasteiger partial charge in [0.15, 0.2) is 5.82 Å². The largest absolute Gasteiger partial charge is 0.478 e. The van der Waals surface area contributed by atoms with E-state index in [2.05, 4.69) is 15.1 Å². The molecule has 1 saturated heterocycles. The SMILES string of the molecule is O=C(O)c1ccnnc1N1CCC2CCCCC21. The van der Waals surface area contributed by atoms with Gasteiger partial charge >= 0.3 is 5.97 Å². The minimum Gasteiger partial charge on any atom is -0.478 e. The average molecular weight is 247 g/mol. The summed E-state index contributed by atoms with van der Waals surface area (Å²) in [6, 6.07) is 2.01. The third-order valence-corrected chi connectivity index (χ3v) is 4.21. The van der Waals surface area contributed by atoms with Crippen molar-refractivity contribution >= 4 is 11.8 Å².